The zero-order valence-corrected chi connectivity index (χ0v) is 17.7. The zero-order valence-electron chi connectivity index (χ0n) is 17.7. The molecular formula is C24H25F2N5O. The molecule has 3 aromatic rings. The third-order valence-electron chi connectivity index (χ3n) is 5.48. The van der Waals surface area contributed by atoms with Gasteiger partial charge >= 0.3 is 0 Å². The minimum atomic E-state index is -0.285. The summed E-state index contributed by atoms with van der Waals surface area (Å²) in [5.41, 5.74) is 2.43. The SMILES string of the molecule is O=C(CNCc1ccc(F)cc1)N1CCCN(c2ccc(-c3ccc(F)cc3)nn2)CC1. The van der Waals surface area contributed by atoms with Crippen LogP contribution >= 0.6 is 0 Å². The zero-order chi connectivity index (χ0) is 22.3. The van der Waals surface area contributed by atoms with Crippen LogP contribution in [-0.4, -0.2) is 53.7 Å². The van der Waals surface area contributed by atoms with Gasteiger partial charge in [-0.15, -0.1) is 10.2 Å². The topological polar surface area (TPSA) is 61.4 Å². The number of nitrogens with one attached hydrogen (secondary N) is 1. The van der Waals surface area contributed by atoms with Crippen LogP contribution in [0.25, 0.3) is 11.3 Å². The Morgan fingerprint density at radius 2 is 1.56 bits per heavy atom. The molecule has 0 saturated carbocycles. The summed E-state index contributed by atoms with van der Waals surface area (Å²) in [6.07, 6.45) is 0.838. The molecule has 8 heteroatoms. The summed E-state index contributed by atoms with van der Waals surface area (Å²) in [4.78, 5) is 16.6. The largest absolute Gasteiger partial charge is 0.353 e. The molecule has 0 bridgehead atoms. The maximum absolute atomic E-state index is 13.1. The second kappa shape index (κ2) is 10.3. The van der Waals surface area contributed by atoms with Gasteiger partial charge < -0.3 is 15.1 Å². The second-order valence-corrected chi connectivity index (χ2v) is 7.74. The van der Waals surface area contributed by atoms with E-state index in [0.717, 1.165) is 29.9 Å². The maximum atomic E-state index is 13.1. The summed E-state index contributed by atoms with van der Waals surface area (Å²) in [6, 6.07) is 16.2. The van der Waals surface area contributed by atoms with Gasteiger partial charge in [0, 0.05) is 38.3 Å². The first-order chi connectivity index (χ1) is 15.6. The van der Waals surface area contributed by atoms with Gasteiger partial charge in [0.15, 0.2) is 5.82 Å². The quantitative estimate of drug-likeness (QED) is 0.642. The standard InChI is InChI=1S/C24H25F2N5O/c25-20-6-2-18(3-7-20)16-27-17-24(32)31-13-1-12-30(14-15-31)23-11-10-22(28-29-23)19-4-8-21(26)9-5-19/h2-11,27H,1,12-17H2. The molecule has 0 unspecified atom stereocenters. The van der Waals surface area contributed by atoms with E-state index in [1.807, 2.05) is 17.0 Å². The average Bonchev–Trinajstić information content (AvgIpc) is 3.07. The molecule has 0 spiro atoms. The number of hydrogen-bond acceptors (Lipinski definition) is 5. The molecule has 4 rings (SSSR count). The highest BCUT2D eigenvalue weighted by atomic mass is 19.1. The van der Waals surface area contributed by atoms with Crippen LogP contribution in [-0.2, 0) is 11.3 Å². The normalized spacial score (nSPS) is 14.3. The van der Waals surface area contributed by atoms with Crippen LogP contribution in [0.5, 0.6) is 0 Å². The van der Waals surface area contributed by atoms with Crippen molar-refractivity contribution in [3.63, 3.8) is 0 Å². The number of aromatic nitrogens is 2. The lowest BCUT2D eigenvalue weighted by molar-refractivity contribution is -0.130. The molecule has 1 aliphatic rings. The lowest BCUT2D eigenvalue weighted by Crippen LogP contribution is -2.40. The van der Waals surface area contributed by atoms with Gasteiger partial charge in [0.05, 0.1) is 12.2 Å². The van der Waals surface area contributed by atoms with Crippen molar-refractivity contribution >= 4 is 11.7 Å². The summed E-state index contributed by atoms with van der Waals surface area (Å²) in [5.74, 6) is 0.257. The predicted molar refractivity (Wildman–Crippen MR) is 119 cm³/mol. The lowest BCUT2D eigenvalue weighted by Gasteiger charge is -2.22. The molecular weight excluding hydrogens is 412 g/mol. The van der Waals surface area contributed by atoms with Crippen molar-refractivity contribution in [2.45, 2.75) is 13.0 Å². The minimum absolute atomic E-state index is 0.0479. The van der Waals surface area contributed by atoms with E-state index in [4.69, 9.17) is 0 Å². The Bertz CT molecular complexity index is 1030. The molecule has 0 radical (unpaired) electrons. The summed E-state index contributed by atoms with van der Waals surface area (Å²) in [5, 5.41) is 11.8. The van der Waals surface area contributed by atoms with Gasteiger partial charge in [-0.25, -0.2) is 8.78 Å². The first-order valence-electron chi connectivity index (χ1n) is 10.7. The van der Waals surface area contributed by atoms with Gasteiger partial charge in [-0.3, -0.25) is 4.79 Å². The van der Waals surface area contributed by atoms with Crippen LogP contribution < -0.4 is 10.2 Å². The number of carbonyl (C=O) groups is 1. The van der Waals surface area contributed by atoms with Crippen LogP contribution in [0.3, 0.4) is 0 Å². The van der Waals surface area contributed by atoms with Gasteiger partial charge in [0.1, 0.15) is 11.6 Å². The highest BCUT2D eigenvalue weighted by Crippen LogP contribution is 2.20. The van der Waals surface area contributed by atoms with Crippen molar-refractivity contribution in [1.29, 1.82) is 0 Å². The predicted octanol–water partition coefficient (Wildman–Crippen LogP) is 3.25. The van der Waals surface area contributed by atoms with Crippen molar-refractivity contribution in [2.24, 2.45) is 0 Å². The molecule has 2 aromatic carbocycles. The average molecular weight is 437 g/mol. The van der Waals surface area contributed by atoms with Crippen molar-refractivity contribution in [2.75, 3.05) is 37.6 Å². The Morgan fingerprint density at radius 1 is 0.844 bits per heavy atom. The number of benzene rings is 2. The fourth-order valence-corrected chi connectivity index (χ4v) is 3.69. The third-order valence-corrected chi connectivity index (χ3v) is 5.48. The summed E-state index contributed by atoms with van der Waals surface area (Å²) in [6.45, 7) is 3.52. The van der Waals surface area contributed by atoms with Crippen molar-refractivity contribution in [3.8, 4) is 11.3 Å². The van der Waals surface area contributed by atoms with Crippen molar-refractivity contribution in [3.05, 3.63) is 77.9 Å². The Balaban J connectivity index is 1.28. The van der Waals surface area contributed by atoms with Crippen LogP contribution in [0.15, 0.2) is 60.7 Å². The van der Waals surface area contributed by atoms with Gasteiger partial charge in [0.2, 0.25) is 5.91 Å². The van der Waals surface area contributed by atoms with Crippen molar-refractivity contribution < 1.29 is 13.6 Å². The molecule has 1 saturated heterocycles. The number of rotatable bonds is 6. The minimum Gasteiger partial charge on any atom is -0.353 e. The Morgan fingerprint density at radius 3 is 2.25 bits per heavy atom. The van der Waals surface area contributed by atoms with E-state index in [1.54, 1.807) is 24.3 Å². The lowest BCUT2D eigenvalue weighted by atomic mass is 10.1. The van der Waals surface area contributed by atoms with Gasteiger partial charge in [-0.1, -0.05) is 12.1 Å². The summed E-state index contributed by atoms with van der Waals surface area (Å²) >= 11 is 0. The second-order valence-electron chi connectivity index (χ2n) is 7.74. The molecule has 1 aromatic heterocycles. The van der Waals surface area contributed by atoms with E-state index in [2.05, 4.69) is 20.4 Å². The van der Waals surface area contributed by atoms with E-state index in [1.165, 1.54) is 24.3 Å². The first kappa shape index (κ1) is 21.8. The number of halogens is 2. The molecule has 1 amide bonds. The fraction of sp³-hybridized carbons (Fsp3) is 0.292. The van der Waals surface area contributed by atoms with Crippen molar-refractivity contribution in [1.82, 2.24) is 20.4 Å². The van der Waals surface area contributed by atoms with Crippen LogP contribution in [0.1, 0.15) is 12.0 Å². The van der Waals surface area contributed by atoms with E-state index in [0.29, 0.717) is 31.9 Å². The molecule has 2 heterocycles. The fourth-order valence-electron chi connectivity index (χ4n) is 3.69. The van der Waals surface area contributed by atoms with Gasteiger partial charge in [-0.05, 0) is 60.5 Å². The molecule has 1 aliphatic heterocycles. The summed E-state index contributed by atoms with van der Waals surface area (Å²) in [7, 11) is 0. The molecule has 1 N–H and O–H groups in total. The monoisotopic (exact) mass is 437 g/mol. The van der Waals surface area contributed by atoms with Crippen LogP contribution in [0.4, 0.5) is 14.6 Å². The molecule has 1 fully saturated rings. The first-order valence-corrected chi connectivity index (χ1v) is 10.7. The van der Waals surface area contributed by atoms with Crippen LogP contribution in [0, 0.1) is 11.6 Å². The van der Waals surface area contributed by atoms with E-state index < -0.39 is 0 Å². The summed E-state index contributed by atoms with van der Waals surface area (Å²) < 4.78 is 26.1. The number of anilines is 1. The smallest absolute Gasteiger partial charge is 0.236 e. The molecule has 0 atom stereocenters. The van der Waals surface area contributed by atoms with Gasteiger partial charge in [-0.2, -0.15) is 0 Å². The highest BCUT2D eigenvalue weighted by Gasteiger charge is 2.20. The Labute approximate surface area is 185 Å². The third kappa shape index (κ3) is 5.64. The Hall–Kier alpha value is -3.39. The molecule has 6 nitrogen and oxygen atoms in total. The van der Waals surface area contributed by atoms with E-state index >= 15 is 0 Å². The Kier molecular flexibility index (Phi) is 7.01. The molecule has 166 valence electrons. The number of hydrogen-bond donors (Lipinski definition) is 1. The van der Waals surface area contributed by atoms with Crippen LogP contribution in [0.2, 0.25) is 0 Å². The van der Waals surface area contributed by atoms with E-state index in [-0.39, 0.29) is 24.1 Å². The number of nitrogens with zero attached hydrogens (tertiary/aromatic N) is 4. The van der Waals surface area contributed by atoms with E-state index in [9.17, 15) is 13.6 Å². The molecule has 0 aliphatic carbocycles. The highest BCUT2D eigenvalue weighted by molar-refractivity contribution is 5.78. The number of carbonyl (C=O) groups excluding carboxylic acids is 1. The maximum Gasteiger partial charge on any atom is 0.236 e. The number of amides is 1. The van der Waals surface area contributed by atoms with Gasteiger partial charge in [0.25, 0.3) is 0 Å². The molecule has 32 heavy (non-hydrogen) atoms.